The van der Waals surface area contributed by atoms with Crippen molar-refractivity contribution in [3.8, 4) is 0 Å². The van der Waals surface area contributed by atoms with Crippen LogP contribution in [0, 0.1) is 5.92 Å². The van der Waals surface area contributed by atoms with Crippen molar-refractivity contribution < 1.29 is 14.3 Å². The minimum absolute atomic E-state index is 0.163. The van der Waals surface area contributed by atoms with E-state index in [1.807, 2.05) is 42.5 Å². The van der Waals surface area contributed by atoms with E-state index in [1.54, 1.807) is 0 Å². The third-order valence-electron chi connectivity index (χ3n) is 5.53. The molecule has 2 fully saturated rings. The largest absolute Gasteiger partial charge is 0.381 e. The molecule has 2 N–H and O–H groups in total. The third-order valence-corrected chi connectivity index (χ3v) is 5.53. The quantitative estimate of drug-likeness (QED) is 0.851. The van der Waals surface area contributed by atoms with Gasteiger partial charge in [0.1, 0.15) is 0 Å². The number of benzene rings is 2. The summed E-state index contributed by atoms with van der Waals surface area (Å²) in [4.78, 5) is 15.0. The summed E-state index contributed by atoms with van der Waals surface area (Å²) in [6.07, 6.45) is 1.05. The van der Waals surface area contributed by atoms with Crippen LogP contribution in [0.4, 0.5) is 10.5 Å². The van der Waals surface area contributed by atoms with Crippen LogP contribution in [0.3, 0.4) is 0 Å². The number of ether oxygens (including phenoxy) is 2. The Kier molecular flexibility index (Phi) is 5.87. The number of hydrogen-bond donors (Lipinski definition) is 2. The predicted octanol–water partition coefficient (Wildman–Crippen LogP) is 2.70. The van der Waals surface area contributed by atoms with Crippen LogP contribution >= 0.6 is 0 Å². The fraction of sp³-hybridized carbons (Fsp3) is 0.476. The number of carbonyl (C=O) groups is 1. The van der Waals surface area contributed by atoms with Gasteiger partial charge in [-0.05, 0) is 17.9 Å². The molecule has 2 atom stereocenters. The molecule has 0 aromatic heterocycles. The van der Waals surface area contributed by atoms with Crippen LogP contribution in [0.5, 0.6) is 0 Å². The second kappa shape index (κ2) is 8.69. The van der Waals surface area contributed by atoms with Crippen LogP contribution in [0.15, 0.2) is 42.5 Å². The lowest BCUT2D eigenvalue weighted by atomic mass is 9.97. The van der Waals surface area contributed by atoms with Crippen LogP contribution in [0.25, 0.3) is 10.8 Å². The van der Waals surface area contributed by atoms with Gasteiger partial charge in [0.05, 0.1) is 25.5 Å². The van der Waals surface area contributed by atoms with Crippen molar-refractivity contribution in [1.29, 1.82) is 0 Å². The first-order valence-electron chi connectivity index (χ1n) is 9.73. The van der Waals surface area contributed by atoms with Gasteiger partial charge in [0.2, 0.25) is 0 Å². The molecule has 0 spiro atoms. The molecule has 0 bridgehead atoms. The highest BCUT2D eigenvalue weighted by atomic mass is 16.5. The number of carbonyl (C=O) groups excluding carboxylic acids is 1. The Hall–Kier alpha value is -2.15. The molecule has 4 rings (SSSR count). The maximum Gasteiger partial charge on any atom is 0.319 e. The maximum absolute atomic E-state index is 12.6. The highest BCUT2D eigenvalue weighted by molar-refractivity contribution is 6.01. The van der Waals surface area contributed by atoms with Gasteiger partial charge in [0.15, 0.2) is 0 Å². The minimum Gasteiger partial charge on any atom is -0.381 e. The van der Waals surface area contributed by atoms with Crippen LogP contribution in [-0.4, -0.2) is 63.0 Å². The molecule has 6 nitrogen and oxygen atoms in total. The number of rotatable bonds is 5. The van der Waals surface area contributed by atoms with E-state index in [2.05, 4.69) is 15.5 Å². The van der Waals surface area contributed by atoms with Gasteiger partial charge in [0.25, 0.3) is 0 Å². The number of nitrogens with zero attached hydrogens (tertiary/aromatic N) is 1. The number of anilines is 1. The molecule has 144 valence electrons. The van der Waals surface area contributed by atoms with Crippen molar-refractivity contribution in [2.24, 2.45) is 5.92 Å². The Morgan fingerprint density at radius 1 is 1.07 bits per heavy atom. The lowest BCUT2D eigenvalue weighted by Gasteiger charge is -2.37. The molecule has 27 heavy (non-hydrogen) atoms. The monoisotopic (exact) mass is 369 g/mol. The molecule has 2 aromatic rings. The van der Waals surface area contributed by atoms with E-state index in [4.69, 9.17) is 9.47 Å². The van der Waals surface area contributed by atoms with E-state index in [0.29, 0.717) is 12.5 Å². The van der Waals surface area contributed by atoms with Gasteiger partial charge in [-0.3, -0.25) is 4.90 Å². The van der Waals surface area contributed by atoms with Crippen LogP contribution < -0.4 is 10.6 Å². The maximum atomic E-state index is 12.6. The van der Waals surface area contributed by atoms with E-state index in [-0.39, 0.29) is 12.1 Å². The van der Waals surface area contributed by atoms with Crippen molar-refractivity contribution in [2.75, 3.05) is 51.4 Å². The molecule has 0 radical (unpaired) electrons. The van der Waals surface area contributed by atoms with E-state index in [0.717, 1.165) is 62.4 Å². The van der Waals surface area contributed by atoms with Gasteiger partial charge < -0.3 is 20.1 Å². The van der Waals surface area contributed by atoms with Crippen LogP contribution in [0.2, 0.25) is 0 Å². The summed E-state index contributed by atoms with van der Waals surface area (Å²) in [6, 6.07) is 14.1. The van der Waals surface area contributed by atoms with Crippen LogP contribution in [-0.2, 0) is 9.47 Å². The fourth-order valence-corrected chi connectivity index (χ4v) is 4.06. The highest BCUT2D eigenvalue weighted by Crippen LogP contribution is 2.24. The van der Waals surface area contributed by atoms with E-state index >= 15 is 0 Å². The third kappa shape index (κ3) is 4.40. The molecule has 2 amide bonds. The molecule has 2 aliphatic heterocycles. The molecule has 0 aliphatic carbocycles. The zero-order chi connectivity index (χ0) is 18.5. The van der Waals surface area contributed by atoms with Crippen molar-refractivity contribution in [3.63, 3.8) is 0 Å². The zero-order valence-electron chi connectivity index (χ0n) is 15.5. The number of fused-ring (bicyclic) bond motifs is 1. The summed E-state index contributed by atoms with van der Waals surface area (Å²) in [6.45, 7) is 5.53. The number of hydrogen-bond acceptors (Lipinski definition) is 4. The van der Waals surface area contributed by atoms with Crippen molar-refractivity contribution >= 4 is 22.5 Å². The summed E-state index contributed by atoms with van der Waals surface area (Å²) in [5.74, 6) is 0.459. The first-order valence-corrected chi connectivity index (χ1v) is 9.73. The Morgan fingerprint density at radius 2 is 1.89 bits per heavy atom. The summed E-state index contributed by atoms with van der Waals surface area (Å²) in [5, 5.41) is 8.25. The Labute approximate surface area is 159 Å². The molecule has 0 saturated carbocycles. The smallest absolute Gasteiger partial charge is 0.319 e. The van der Waals surface area contributed by atoms with Gasteiger partial charge in [-0.25, -0.2) is 4.79 Å². The van der Waals surface area contributed by atoms with Gasteiger partial charge in [-0.1, -0.05) is 36.4 Å². The minimum atomic E-state index is -0.163. The van der Waals surface area contributed by atoms with Gasteiger partial charge in [-0.2, -0.15) is 0 Å². The van der Waals surface area contributed by atoms with Crippen molar-refractivity contribution in [1.82, 2.24) is 10.2 Å². The fourth-order valence-electron chi connectivity index (χ4n) is 4.06. The van der Waals surface area contributed by atoms with Crippen LogP contribution in [0.1, 0.15) is 6.42 Å². The standard InChI is InChI=1S/C21H27N3O3/c25-21(23-19-7-3-5-16-4-1-2-6-18(16)19)22-14-20(17-8-11-27-15-17)24-9-12-26-13-10-24/h1-7,17,20H,8-15H2,(H2,22,23,25)/t17-,20-/m1/s1. The second-order valence-electron chi connectivity index (χ2n) is 7.20. The summed E-state index contributed by atoms with van der Waals surface area (Å²) >= 11 is 0. The van der Waals surface area contributed by atoms with Crippen molar-refractivity contribution in [2.45, 2.75) is 12.5 Å². The average molecular weight is 369 g/mol. The summed E-state index contributed by atoms with van der Waals surface area (Å²) < 4.78 is 11.1. The first-order chi connectivity index (χ1) is 13.3. The zero-order valence-corrected chi connectivity index (χ0v) is 15.5. The molecule has 2 heterocycles. The van der Waals surface area contributed by atoms with Crippen molar-refractivity contribution in [3.05, 3.63) is 42.5 Å². The number of urea groups is 1. The molecule has 2 aromatic carbocycles. The summed E-state index contributed by atoms with van der Waals surface area (Å²) in [7, 11) is 0. The van der Waals surface area contributed by atoms with Gasteiger partial charge >= 0.3 is 6.03 Å². The lowest BCUT2D eigenvalue weighted by molar-refractivity contribution is 0.00222. The molecule has 0 unspecified atom stereocenters. The topological polar surface area (TPSA) is 62.8 Å². The number of morpholine rings is 1. The Morgan fingerprint density at radius 3 is 2.70 bits per heavy atom. The van der Waals surface area contributed by atoms with Gasteiger partial charge in [0, 0.05) is 43.6 Å². The van der Waals surface area contributed by atoms with E-state index < -0.39 is 0 Å². The normalized spacial score (nSPS) is 21.9. The predicted molar refractivity (Wildman–Crippen MR) is 106 cm³/mol. The van der Waals surface area contributed by atoms with E-state index in [1.165, 1.54) is 0 Å². The Balaban J connectivity index is 1.40. The highest BCUT2D eigenvalue weighted by Gasteiger charge is 2.31. The number of nitrogens with one attached hydrogen (secondary N) is 2. The lowest BCUT2D eigenvalue weighted by Crippen LogP contribution is -2.52. The van der Waals surface area contributed by atoms with Gasteiger partial charge in [-0.15, -0.1) is 0 Å². The number of amides is 2. The SMILES string of the molecule is O=C(NC[C@H]([C@@H]1CCOC1)N1CCOCC1)Nc1cccc2ccccc12. The molecular formula is C21H27N3O3. The molecule has 2 aliphatic rings. The second-order valence-corrected chi connectivity index (χ2v) is 7.20. The first kappa shape index (κ1) is 18.2. The molecule has 2 saturated heterocycles. The average Bonchev–Trinajstić information content (AvgIpc) is 3.24. The molecule has 6 heteroatoms. The van der Waals surface area contributed by atoms with E-state index in [9.17, 15) is 4.79 Å². The summed E-state index contributed by atoms with van der Waals surface area (Å²) in [5.41, 5.74) is 0.831. The molecular weight excluding hydrogens is 342 g/mol. The Bertz CT molecular complexity index is 765.